The molecule has 0 aliphatic carbocycles. The van der Waals surface area contributed by atoms with E-state index in [0.717, 1.165) is 0 Å². The molecule has 0 radical (unpaired) electrons. The lowest BCUT2D eigenvalue weighted by Gasteiger charge is -2.44. The van der Waals surface area contributed by atoms with Gasteiger partial charge in [-0.05, 0) is 138 Å². The first-order valence-electron chi connectivity index (χ1n) is 33.3. The van der Waals surface area contributed by atoms with Gasteiger partial charge in [-0.1, -0.05) is 254 Å². The molecule has 1 saturated heterocycles. The summed E-state index contributed by atoms with van der Waals surface area (Å²) >= 11 is 0. The van der Waals surface area contributed by atoms with Crippen LogP contribution in [-0.4, -0.2) is 46.0 Å². The van der Waals surface area contributed by atoms with Gasteiger partial charge in [0.1, 0.15) is 8.07 Å². The Morgan fingerprint density at radius 1 is 0.282 bits per heavy atom. The molecule has 1 aliphatic rings. The molecule has 0 N–H and O–H groups in total. The number of hydrogen-bond donors (Lipinski definition) is 0. The summed E-state index contributed by atoms with van der Waals surface area (Å²) in [5.74, 6) is 0. The monoisotopic (exact) mass is 1200 g/mol. The highest BCUT2D eigenvalue weighted by Crippen LogP contribution is 2.83. The molecular formula is C78H105N3Si4. The summed E-state index contributed by atoms with van der Waals surface area (Å²) < 4.78 is 7.78. The van der Waals surface area contributed by atoms with Gasteiger partial charge in [0.25, 0.3) is 0 Å². The second-order valence-corrected chi connectivity index (χ2v) is 54.6. The third-order valence-electron chi connectivity index (χ3n) is 24.7. The molecule has 3 nitrogen and oxygen atoms in total. The molecular weight excluding hydrogens is 1090 g/mol. The van der Waals surface area contributed by atoms with E-state index in [1.54, 1.807) is 20.7 Å². The van der Waals surface area contributed by atoms with Crippen molar-refractivity contribution in [3.8, 4) is 17.1 Å². The van der Waals surface area contributed by atoms with Crippen molar-refractivity contribution >= 4 is 118 Å². The maximum atomic E-state index is 2.71. The zero-order chi connectivity index (χ0) is 61.7. The highest BCUT2D eigenvalue weighted by molar-refractivity contribution is 7.07. The predicted octanol–water partition coefficient (Wildman–Crippen LogP) is 22.3. The van der Waals surface area contributed by atoms with E-state index in [-0.39, 0.29) is 0 Å². The van der Waals surface area contributed by atoms with Crippen LogP contribution in [0, 0.1) is 0 Å². The Morgan fingerprint density at radius 2 is 0.541 bits per heavy atom. The number of para-hydroxylation sites is 1. The van der Waals surface area contributed by atoms with Crippen LogP contribution in [0.4, 0.5) is 0 Å². The Bertz CT molecular complexity index is 3720. The van der Waals surface area contributed by atoms with E-state index in [1.165, 1.54) is 82.5 Å². The number of aromatic nitrogens is 3. The van der Waals surface area contributed by atoms with Gasteiger partial charge in [0.05, 0.1) is 57.3 Å². The molecule has 4 heterocycles. The molecule has 3 aromatic heterocycles. The van der Waals surface area contributed by atoms with Gasteiger partial charge in [0.15, 0.2) is 0 Å². The zero-order valence-corrected chi connectivity index (χ0v) is 60.9. The van der Waals surface area contributed by atoms with Crippen LogP contribution < -0.4 is 20.7 Å². The molecule has 0 atom stereocenters. The van der Waals surface area contributed by atoms with Gasteiger partial charge >= 0.3 is 0 Å². The third kappa shape index (κ3) is 8.22. The first kappa shape index (κ1) is 61.5. The molecule has 10 aromatic rings. The van der Waals surface area contributed by atoms with Crippen molar-refractivity contribution in [2.45, 2.75) is 232 Å². The van der Waals surface area contributed by atoms with Gasteiger partial charge < -0.3 is 13.7 Å². The Labute approximate surface area is 517 Å². The largest absolute Gasteiger partial charge is 0.309 e. The van der Waals surface area contributed by atoms with Crippen LogP contribution in [0.1, 0.15) is 166 Å². The summed E-state index contributed by atoms with van der Waals surface area (Å²) in [4.78, 5) is 0. The minimum atomic E-state index is -1.99. The summed E-state index contributed by atoms with van der Waals surface area (Å²) in [6.07, 6.45) is 0. The SMILES string of the molecule is CC(C)[Si](c1ccc2c(c1)c1cc([Si](C(C)C)(C(C)C)C(C)C)ccc1n2-c1ccc2c(c1)c1cc(-n3c4ccc([Si](C(C)C)(C(C)C)C(C)C)cc4c4cc([Si]5(C(C)C)C(C)(C)C5(C)C)ccc43)ccc1n2-c1ccccc1)(C(C)C)C(C)C. The Kier molecular flexibility index (Phi) is 15.4. The Balaban J connectivity index is 1.21. The zero-order valence-electron chi connectivity index (χ0n) is 56.9. The van der Waals surface area contributed by atoms with Crippen LogP contribution in [0.15, 0.2) is 140 Å². The van der Waals surface area contributed by atoms with Crippen LogP contribution >= 0.6 is 0 Å². The van der Waals surface area contributed by atoms with E-state index >= 15 is 0 Å². The third-order valence-corrected chi connectivity index (χ3v) is 53.7. The average Bonchev–Trinajstić information content (AvgIpc) is 1.48. The molecule has 1 fully saturated rings. The van der Waals surface area contributed by atoms with Gasteiger partial charge in [0.2, 0.25) is 0 Å². The molecule has 11 rings (SSSR count). The van der Waals surface area contributed by atoms with Crippen LogP contribution in [0.3, 0.4) is 0 Å². The van der Waals surface area contributed by atoms with Crippen LogP contribution in [0.2, 0.25) is 65.5 Å². The smallest absolute Gasteiger partial charge is 0.101 e. The lowest BCUT2D eigenvalue weighted by molar-refractivity contribution is 0.628. The summed E-state index contributed by atoms with van der Waals surface area (Å²) in [5, 5.41) is 15.2. The summed E-state index contributed by atoms with van der Waals surface area (Å²) in [7, 11) is -7.93. The van der Waals surface area contributed by atoms with Gasteiger partial charge in [-0.3, -0.25) is 0 Å². The Hall–Kier alpha value is -5.19. The lowest BCUT2D eigenvalue weighted by Crippen LogP contribution is -2.55. The average molecular weight is 1200 g/mol. The van der Waals surface area contributed by atoms with Gasteiger partial charge in [-0.15, -0.1) is 0 Å². The topological polar surface area (TPSA) is 14.8 Å². The molecule has 0 amide bonds. The highest BCUT2D eigenvalue weighted by atomic mass is 28.3. The van der Waals surface area contributed by atoms with E-state index in [9.17, 15) is 0 Å². The fourth-order valence-electron chi connectivity index (χ4n) is 21.6. The number of nitrogens with zero attached hydrogens (tertiary/aromatic N) is 3. The van der Waals surface area contributed by atoms with Crippen molar-refractivity contribution in [1.29, 1.82) is 0 Å². The van der Waals surface area contributed by atoms with Crippen molar-refractivity contribution in [2.24, 2.45) is 0 Å². The fraction of sp³-hybridized carbons (Fsp3) is 0.462. The van der Waals surface area contributed by atoms with Gasteiger partial charge in [-0.25, -0.2) is 0 Å². The predicted molar refractivity (Wildman–Crippen MR) is 390 cm³/mol. The van der Waals surface area contributed by atoms with Crippen molar-refractivity contribution in [3.63, 3.8) is 0 Å². The quantitative estimate of drug-likeness (QED) is 0.0807. The number of hydrogen-bond acceptors (Lipinski definition) is 0. The molecule has 0 unspecified atom stereocenters. The molecule has 0 saturated carbocycles. The van der Waals surface area contributed by atoms with Gasteiger partial charge in [-0.2, -0.15) is 0 Å². The van der Waals surface area contributed by atoms with Crippen LogP contribution in [0.25, 0.3) is 82.5 Å². The normalized spacial score (nSPS) is 15.9. The second kappa shape index (κ2) is 21.3. The van der Waals surface area contributed by atoms with Crippen molar-refractivity contribution in [2.75, 3.05) is 0 Å². The molecule has 7 heteroatoms. The van der Waals surface area contributed by atoms with E-state index in [0.29, 0.717) is 65.5 Å². The fourth-order valence-corrected chi connectivity index (χ4v) is 50.8. The standard InChI is InChI=1S/C78H105N3Si4/c1-48(2)82(49(3)4,50(5)6)61-32-38-73-67(44-61)68-45-62(83(51(7)8,52(9)10)53(11)12)33-39-74(68)80(73)59-30-36-71-65(42-59)66-43-60(31-37-72(66)79(71)58-28-26-25-27-29-58)81-75-40-34-63(84(54(13)14,55(15)16)56(17)18)46-69(75)70-47-64(35-41-76(70)81)85(57(19)20)77(21,22)78(85,23)24/h25-57H,1-24H3. The van der Waals surface area contributed by atoms with E-state index in [1.807, 2.05) is 0 Å². The molecule has 85 heavy (non-hydrogen) atoms. The molecule has 7 aromatic carbocycles. The van der Waals surface area contributed by atoms with E-state index < -0.39 is 32.3 Å². The number of benzene rings is 7. The van der Waals surface area contributed by atoms with Crippen LogP contribution in [0.5, 0.6) is 0 Å². The van der Waals surface area contributed by atoms with E-state index in [4.69, 9.17) is 0 Å². The summed E-state index contributed by atoms with van der Waals surface area (Å²) in [6, 6.07) is 57.0. The lowest BCUT2D eigenvalue weighted by atomic mass is 10.0. The maximum Gasteiger partial charge on any atom is 0.101 e. The first-order chi connectivity index (χ1) is 40.0. The van der Waals surface area contributed by atoms with Crippen molar-refractivity contribution in [1.82, 2.24) is 13.7 Å². The molecule has 1 aliphatic heterocycles. The van der Waals surface area contributed by atoms with Crippen molar-refractivity contribution in [3.05, 3.63) is 140 Å². The van der Waals surface area contributed by atoms with Crippen LogP contribution in [-0.2, 0) is 0 Å². The highest BCUT2D eigenvalue weighted by Gasteiger charge is 2.80. The maximum absolute atomic E-state index is 2.71. The van der Waals surface area contributed by atoms with Crippen molar-refractivity contribution < 1.29 is 0 Å². The molecule has 0 spiro atoms. The first-order valence-corrected chi connectivity index (χ1v) is 42.1. The molecule has 448 valence electrons. The summed E-state index contributed by atoms with van der Waals surface area (Å²) in [6.45, 7) is 60.7. The number of rotatable bonds is 17. The Morgan fingerprint density at radius 3 is 0.824 bits per heavy atom. The molecule has 0 bridgehead atoms. The second-order valence-electron chi connectivity index (χ2n) is 31.1. The number of fused-ring (bicyclic) bond motifs is 9. The minimum absolute atomic E-state index is 0.299. The minimum Gasteiger partial charge on any atom is -0.309 e. The summed E-state index contributed by atoms with van der Waals surface area (Å²) in [5.41, 5.74) is 17.5. The van der Waals surface area contributed by atoms with Gasteiger partial charge in [0, 0.05) is 49.4 Å². The van der Waals surface area contributed by atoms with E-state index in [2.05, 4.69) is 319 Å².